The van der Waals surface area contributed by atoms with Crippen LogP contribution in [0.2, 0.25) is 5.02 Å². The zero-order chi connectivity index (χ0) is 27.0. The average molecular weight is 618 g/mol. The summed E-state index contributed by atoms with van der Waals surface area (Å²) in [5, 5.41) is 3.60. The molecule has 3 heterocycles. The van der Waals surface area contributed by atoms with Gasteiger partial charge in [0.2, 0.25) is 5.91 Å². The highest BCUT2D eigenvalue weighted by molar-refractivity contribution is 9.10. The van der Waals surface area contributed by atoms with Gasteiger partial charge in [0.25, 0.3) is 0 Å². The van der Waals surface area contributed by atoms with Gasteiger partial charge in [-0.1, -0.05) is 41.6 Å². The third-order valence-corrected chi connectivity index (χ3v) is 9.74. The Morgan fingerprint density at radius 2 is 2.00 bits per heavy atom. The SMILES string of the molecule is CNC(=O)CCc1ccc2c(c1)[C@@H](N)C1(CCN(c3nc(N)c(Sc4ccnc(N)c4Cl)nc3Br)CC1)C2. The molecule has 2 aromatic heterocycles. The number of anilines is 3. The lowest BCUT2D eigenvalue weighted by Crippen LogP contribution is -2.44. The van der Waals surface area contributed by atoms with E-state index in [2.05, 4.69) is 54.3 Å². The van der Waals surface area contributed by atoms with Gasteiger partial charge in [-0.2, -0.15) is 0 Å². The number of nitrogens with one attached hydrogen (secondary N) is 1. The number of nitrogens with zero attached hydrogens (tertiary/aromatic N) is 4. The van der Waals surface area contributed by atoms with Crippen molar-refractivity contribution in [2.24, 2.45) is 11.1 Å². The van der Waals surface area contributed by atoms with Crippen LogP contribution in [0.15, 0.2) is 45.0 Å². The van der Waals surface area contributed by atoms with Crippen LogP contribution in [0.1, 0.15) is 42.0 Å². The molecule has 1 aliphatic heterocycles. The van der Waals surface area contributed by atoms with Crippen LogP contribution in [0.3, 0.4) is 0 Å². The number of pyridine rings is 1. The highest BCUT2D eigenvalue weighted by atomic mass is 79.9. The van der Waals surface area contributed by atoms with Gasteiger partial charge in [-0.05, 0) is 69.8 Å². The lowest BCUT2D eigenvalue weighted by molar-refractivity contribution is -0.120. The number of carbonyl (C=O) groups is 1. The van der Waals surface area contributed by atoms with Crippen molar-refractivity contribution in [2.45, 2.75) is 48.1 Å². The smallest absolute Gasteiger partial charge is 0.220 e. The van der Waals surface area contributed by atoms with E-state index in [4.69, 9.17) is 33.8 Å². The van der Waals surface area contributed by atoms with E-state index in [1.165, 1.54) is 22.9 Å². The van der Waals surface area contributed by atoms with Crippen molar-refractivity contribution in [1.29, 1.82) is 0 Å². The molecule has 0 bridgehead atoms. The van der Waals surface area contributed by atoms with Crippen LogP contribution in [-0.4, -0.2) is 41.0 Å². The summed E-state index contributed by atoms with van der Waals surface area (Å²) in [7, 11) is 1.66. The number of hydrogen-bond donors (Lipinski definition) is 4. The number of carbonyl (C=O) groups excluding carboxylic acids is 1. The number of aryl methyl sites for hydroxylation is 1. The Hall–Kier alpha value is -2.60. The van der Waals surface area contributed by atoms with Gasteiger partial charge < -0.3 is 27.4 Å². The van der Waals surface area contributed by atoms with Crippen LogP contribution in [0.4, 0.5) is 17.5 Å². The van der Waals surface area contributed by atoms with E-state index < -0.39 is 0 Å². The quantitative estimate of drug-likeness (QED) is 0.320. The Balaban J connectivity index is 1.28. The minimum Gasteiger partial charge on any atom is -0.382 e. The van der Waals surface area contributed by atoms with Crippen LogP contribution in [0.25, 0.3) is 0 Å². The van der Waals surface area contributed by atoms with E-state index in [0.717, 1.165) is 43.7 Å². The standard InChI is InChI=1S/C26H30BrClN8OS/c1-32-18(37)5-3-14-2-4-15-13-26(20(29)16(15)12-14)7-10-36(11-8-26)24-21(27)34-25(23(31)35-24)38-17-6-9-33-22(30)19(17)28/h2,4,6,9,12,20H,3,5,7-8,10-11,13,29H2,1H3,(H2,30,33)(H2,31,35)(H,32,37)/t20-/m1/s1. The zero-order valence-electron chi connectivity index (χ0n) is 21.0. The highest BCUT2D eigenvalue weighted by Crippen LogP contribution is 2.51. The lowest BCUT2D eigenvalue weighted by Gasteiger charge is -2.42. The van der Waals surface area contributed by atoms with Crippen molar-refractivity contribution in [3.05, 3.63) is 56.8 Å². The topological polar surface area (TPSA) is 149 Å². The first-order chi connectivity index (χ1) is 18.2. The van der Waals surface area contributed by atoms with Gasteiger partial charge in [-0.3, -0.25) is 4.79 Å². The van der Waals surface area contributed by atoms with E-state index in [1.54, 1.807) is 19.3 Å². The molecule has 38 heavy (non-hydrogen) atoms. The fraction of sp³-hybridized carbons (Fsp3) is 0.385. The number of aromatic nitrogens is 3. The van der Waals surface area contributed by atoms with E-state index in [1.807, 2.05) is 0 Å². The molecule has 0 radical (unpaired) electrons. The molecule has 7 N–H and O–H groups in total. The predicted octanol–water partition coefficient (Wildman–Crippen LogP) is 4.12. The molecule has 1 amide bonds. The second-order valence-corrected chi connectivity index (χ2v) is 12.0. The summed E-state index contributed by atoms with van der Waals surface area (Å²) in [6.07, 6.45) is 5.62. The third kappa shape index (κ3) is 5.16. The Morgan fingerprint density at radius 3 is 2.74 bits per heavy atom. The van der Waals surface area contributed by atoms with E-state index in [-0.39, 0.29) is 23.2 Å². The Morgan fingerprint density at radius 1 is 1.24 bits per heavy atom. The molecule has 12 heteroatoms. The molecule has 1 aromatic carbocycles. The Kier molecular flexibility index (Phi) is 7.72. The number of rotatable bonds is 6. The maximum atomic E-state index is 11.7. The van der Waals surface area contributed by atoms with Crippen LogP contribution < -0.4 is 27.4 Å². The number of hydrogen-bond acceptors (Lipinski definition) is 9. The van der Waals surface area contributed by atoms with Crippen molar-refractivity contribution >= 4 is 62.7 Å². The summed E-state index contributed by atoms with van der Waals surface area (Å²) in [6.45, 7) is 1.61. The molecule has 5 rings (SSSR count). The van der Waals surface area contributed by atoms with E-state index >= 15 is 0 Å². The summed E-state index contributed by atoms with van der Waals surface area (Å²) < 4.78 is 0.628. The molecule has 1 spiro atoms. The molecule has 3 aromatic rings. The minimum absolute atomic E-state index is 0.0114. The molecule has 0 saturated carbocycles. The van der Waals surface area contributed by atoms with Crippen LogP contribution >= 0.6 is 39.3 Å². The molecule has 1 saturated heterocycles. The van der Waals surface area contributed by atoms with E-state index in [9.17, 15) is 4.79 Å². The number of benzene rings is 1. The van der Waals surface area contributed by atoms with Gasteiger partial charge >= 0.3 is 0 Å². The normalized spacial score (nSPS) is 18.0. The molecule has 9 nitrogen and oxygen atoms in total. The van der Waals surface area contributed by atoms with Crippen LogP contribution in [0, 0.1) is 5.41 Å². The molecule has 2 aliphatic rings. The second-order valence-electron chi connectivity index (χ2n) is 9.85. The fourth-order valence-electron chi connectivity index (χ4n) is 5.41. The molecular weight excluding hydrogens is 588 g/mol. The number of nitrogen functional groups attached to an aromatic ring is 2. The van der Waals surface area contributed by atoms with Gasteiger partial charge in [-0.25, -0.2) is 15.0 Å². The van der Waals surface area contributed by atoms with Crippen LogP contribution in [-0.2, 0) is 17.6 Å². The van der Waals surface area contributed by atoms with Crippen molar-refractivity contribution in [2.75, 3.05) is 36.5 Å². The monoisotopic (exact) mass is 616 g/mol. The highest BCUT2D eigenvalue weighted by Gasteiger charge is 2.46. The molecule has 1 fully saturated rings. The predicted molar refractivity (Wildman–Crippen MR) is 155 cm³/mol. The fourth-order valence-corrected chi connectivity index (χ4v) is 7.09. The first kappa shape index (κ1) is 27.0. The summed E-state index contributed by atoms with van der Waals surface area (Å²) in [4.78, 5) is 28.0. The van der Waals surface area contributed by atoms with Gasteiger partial charge in [0.15, 0.2) is 11.6 Å². The van der Waals surface area contributed by atoms with Gasteiger partial charge in [0.05, 0.1) is 5.02 Å². The summed E-state index contributed by atoms with van der Waals surface area (Å²) >= 11 is 11.2. The Labute approximate surface area is 239 Å². The molecule has 1 atom stereocenters. The Bertz CT molecular complexity index is 1380. The first-order valence-electron chi connectivity index (χ1n) is 12.4. The lowest BCUT2D eigenvalue weighted by atomic mass is 9.73. The molecule has 200 valence electrons. The van der Waals surface area contributed by atoms with Crippen molar-refractivity contribution < 1.29 is 4.79 Å². The van der Waals surface area contributed by atoms with Gasteiger partial charge in [-0.15, -0.1) is 0 Å². The van der Waals surface area contributed by atoms with Gasteiger partial charge in [0.1, 0.15) is 15.4 Å². The van der Waals surface area contributed by atoms with Crippen molar-refractivity contribution in [1.82, 2.24) is 20.3 Å². The summed E-state index contributed by atoms with van der Waals surface area (Å²) in [5.41, 5.74) is 22.7. The maximum Gasteiger partial charge on any atom is 0.220 e. The van der Waals surface area contributed by atoms with Gasteiger partial charge in [0, 0.05) is 43.7 Å². The van der Waals surface area contributed by atoms with E-state index in [0.29, 0.717) is 38.2 Å². The largest absolute Gasteiger partial charge is 0.382 e. The first-order valence-corrected chi connectivity index (χ1v) is 14.4. The summed E-state index contributed by atoms with van der Waals surface area (Å²) in [5.74, 6) is 1.36. The van der Waals surface area contributed by atoms with Crippen molar-refractivity contribution in [3.8, 4) is 0 Å². The average Bonchev–Trinajstić information content (AvgIpc) is 3.18. The number of halogens is 2. The number of piperidine rings is 1. The molecule has 1 aliphatic carbocycles. The number of nitrogens with two attached hydrogens (primary N) is 3. The van der Waals surface area contributed by atoms with Crippen LogP contribution in [0.5, 0.6) is 0 Å². The second kappa shape index (κ2) is 10.9. The molecule has 0 unspecified atom stereocenters. The summed E-state index contributed by atoms with van der Waals surface area (Å²) in [6, 6.07) is 8.26. The van der Waals surface area contributed by atoms with Crippen molar-refractivity contribution in [3.63, 3.8) is 0 Å². The molecular formula is C26H30BrClN8OS. The maximum absolute atomic E-state index is 11.7. The number of amides is 1. The third-order valence-electron chi connectivity index (χ3n) is 7.64. The number of fused-ring (bicyclic) bond motifs is 1. The zero-order valence-corrected chi connectivity index (χ0v) is 24.2. The minimum atomic E-state index is -0.0319.